The van der Waals surface area contributed by atoms with E-state index in [2.05, 4.69) is 14.8 Å². The van der Waals surface area contributed by atoms with Crippen LogP contribution in [0.1, 0.15) is 0 Å². The number of benzene rings is 2. The van der Waals surface area contributed by atoms with Gasteiger partial charge in [-0.3, -0.25) is 0 Å². The molecule has 0 aromatic heterocycles. The molecule has 0 fully saturated rings. The highest BCUT2D eigenvalue weighted by molar-refractivity contribution is 5.70. The highest BCUT2D eigenvalue weighted by atomic mass is 19.3. The van der Waals surface area contributed by atoms with Crippen LogP contribution in [0.3, 0.4) is 0 Å². The van der Waals surface area contributed by atoms with Crippen molar-refractivity contribution in [1.82, 2.24) is 0 Å². The van der Waals surface area contributed by atoms with E-state index in [1.54, 1.807) is 12.1 Å². The average Bonchev–Trinajstić information content (AvgIpc) is 2.71. The summed E-state index contributed by atoms with van der Waals surface area (Å²) in [6, 6.07) is 12.4. The smallest absolute Gasteiger partial charge is 0.395 e. The zero-order valence-electron chi connectivity index (χ0n) is 10.1. The summed E-state index contributed by atoms with van der Waals surface area (Å²) in [6.07, 6.45) is -3.58. The zero-order valence-corrected chi connectivity index (χ0v) is 10.1. The molecule has 3 nitrogen and oxygen atoms in total. The van der Waals surface area contributed by atoms with E-state index in [4.69, 9.17) is 0 Å². The number of nitrogens with one attached hydrogen (secondary N) is 1. The highest BCUT2D eigenvalue weighted by Gasteiger charge is 2.43. The van der Waals surface area contributed by atoms with Gasteiger partial charge in [0.1, 0.15) is 0 Å². The molecule has 0 atom stereocenters. The maximum atomic E-state index is 12.9. The lowest BCUT2D eigenvalue weighted by Crippen LogP contribution is -2.25. The third-order valence-electron chi connectivity index (χ3n) is 2.89. The van der Waals surface area contributed by atoms with Crippen molar-refractivity contribution in [3.63, 3.8) is 0 Å². The number of halogens is 2. The van der Waals surface area contributed by atoms with E-state index in [0.717, 1.165) is 16.8 Å². The van der Waals surface area contributed by atoms with Crippen LogP contribution >= 0.6 is 0 Å². The van der Waals surface area contributed by atoms with Gasteiger partial charge in [-0.25, -0.2) is 0 Å². The second-order valence-corrected chi connectivity index (χ2v) is 4.16. The first-order valence-electron chi connectivity index (χ1n) is 5.75. The standard InChI is InChI=1S/C14H11F2NO2/c1-17-11-4-2-3-9(7-11)10-5-6-12-13(8-10)19-14(15,16)18-12/h2-8,17H,1H3. The van der Waals surface area contributed by atoms with E-state index >= 15 is 0 Å². The molecule has 0 amide bonds. The van der Waals surface area contributed by atoms with Gasteiger partial charge >= 0.3 is 6.29 Å². The van der Waals surface area contributed by atoms with Gasteiger partial charge in [-0.2, -0.15) is 0 Å². The van der Waals surface area contributed by atoms with Crippen LogP contribution in [0.15, 0.2) is 42.5 Å². The van der Waals surface area contributed by atoms with Gasteiger partial charge in [0.05, 0.1) is 0 Å². The van der Waals surface area contributed by atoms with Crippen molar-refractivity contribution >= 4 is 5.69 Å². The van der Waals surface area contributed by atoms with Gasteiger partial charge in [0, 0.05) is 12.7 Å². The summed E-state index contributed by atoms with van der Waals surface area (Å²) in [5.41, 5.74) is 2.64. The SMILES string of the molecule is CNc1cccc(-c2ccc3c(c2)OC(F)(F)O3)c1. The molecule has 0 bridgehead atoms. The maximum Gasteiger partial charge on any atom is 0.586 e. The molecular formula is C14H11F2NO2. The number of ether oxygens (including phenoxy) is 2. The minimum Gasteiger partial charge on any atom is -0.395 e. The number of rotatable bonds is 2. The summed E-state index contributed by atoms with van der Waals surface area (Å²) in [5, 5.41) is 3.03. The monoisotopic (exact) mass is 263 g/mol. The van der Waals surface area contributed by atoms with Gasteiger partial charge in [-0.15, -0.1) is 8.78 Å². The summed E-state index contributed by atoms with van der Waals surface area (Å²) in [5.74, 6) is 0.107. The topological polar surface area (TPSA) is 30.5 Å². The minimum absolute atomic E-state index is 0.0531. The summed E-state index contributed by atoms with van der Waals surface area (Å²) in [4.78, 5) is 0. The molecule has 98 valence electrons. The first-order valence-corrected chi connectivity index (χ1v) is 5.75. The summed E-state index contributed by atoms with van der Waals surface area (Å²) >= 11 is 0. The van der Waals surface area contributed by atoms with E-state index in [9.17, 15) is 8.78 Å². The molecule has 19 heavy (non-hydrogen) atoms. The van der Waals surface area contributed by atoms with Crippen molar-refractivity contribution in [3.8, 4) is 22.6 Å². The van der Waals surface area contributed by atoms with E-state index in [-0.39, 0.29) is 11.5 Å². The number of anilines is 1. The number of hydrogen-bond acceptors (Lipinski definition) is 3. The van der Waals surface area contributed by atoms with Crippen LogP contribution in [-0.2, 0) is 0 Å². The third-order valence-corrected chi connectivity index (χ3v) is 2.89. The van der Waals surface area contributed by atoms with Gasteiger partial charge in [-0.05, 0) is 35.4 Å². The molecular weight excluding hydrogens is 252 g/mol. The molecule has 2 aromatic rings. The van der Waals surface area contributed by atoms with Crippen molar-refractivity contribution in [3.05, 3.63) is 42.5 Å². The first-order chi connectivity index (χ1) is 9.07. The largest absolute Gasteiger partial charge is 0.586 e. The molecule has 1 aliphatic rings. The Morgan fingerprint density at radius 2 is 1.68 bits per heavy atom. The van der Waals surface area contributed by atoms with Gasteiger partial charge in [-0.1, -0.05) is 18.2 Å². The van der Waals surface area contributed by atoms with Gasteiger partial charge in [0.2, 0.25) is 0 Å². The number of hydrogen-bond donors (Lipinski definition) is 1. The van der Waals surface area contributed by atoms with Gasteiger partial charge in [0.25, 0.3) is 0 Å². The lowest BCUT2D eigenvalue weighted by atomic mass is 10.0. The number of alkyl halides is 2. The van der Waals surface area contributed by atoms with Crippen molar-refractivity contribution < 1.29 is 18.3 Å². The molecule has 1 N–H and O–H groups in total. The summed E-state index contributed by atoms with van der Waals surface area (Å²) in [7, 11) is 1.82. The second kappa shape index (κ2) is 4.12. The Labute approximate surface area is 108 Å². The summed E-state index contributed by atoms with van der Waals surface area (Å²) < 4.78 is 34.7. The van der Waals surface area contributed by atoms with Crippen molar-refractivity contribution in [2.24, 2.45) is 0 Å². The Morgan fingerprint density at radius 3 is 2.47 bits per heavy atom. The van der Waals surface area contributed by atoms with Crippen LogP contribution in [0.25, 0.3) is 11.1 Å². The van der Waals surface area contributed by atoms with Crippen LogP contribution in [0.4, 0.5) is 14.5 Å². The van der Waals surface area contributed by atoms with E-state index < -0.39 is 6.29 Å². The Kier molecular flexibility index (Phi) is 2.55. The molecule has 1 aliphatic heterocycles. The maximum absolute atomic E-state index is 12.9. The van der Waals surface area contributed by atoms with Crippen LogP contribution in [-0.4, -0.2) is 13.3 Å². The van der Waals surface area contributed by atoms with Crippen molar-refractivity contribution in [2.45, 2.75) is 6.29 Å². The minimum atomic E-state index is -3.58. The lowest BCUT2D eigenvalue weighted by Gasteiger charge is -2.06. The normalized spacial score (nSPS) is 15.3. The Balaban J connectivity index is 1.99. The molecule has 0 unspecified atom stereocenters. The van der Waals surface area contributed by atoms with E-state index in [0.29, 0.717) is 0 Å². The van der Waals surface area contributed by atoms with Crippen molar-refractivity contribution in [2.75, 3.05) is 12.4 Å². The zero-order chi connectivity index (χ0) is 13.5. The first kappa shape index (κ1) is 11.8. The average molecular weight is 263 g/mol. The molecule has 0 spiro atoms. The molecule has 0 saturated heterocycles. The van der Waals surface area contributed by atoms with Crippen LogP contribution in [0, 0.1) is 0 Å². The van der Waals surface area contributed by atoms with Crippen LogP contribution < -0.4 is 14.8 Å². The van der Waals surface area contributed by atoms with Gasteiger partial charge in [0.15, 0.2) is 11.5 Å². The quantitative estimate of drug-likeness (QED) is 0.895. The Bertz CT molecular complexity index is 629. The fourth-order valence-electron chi connectivity index (χ4n) is 1.98. The predicted octanol–water partition coefficient (Wildman–Crippen LogP) is 3.72. The number of fused-ring (bicyclic) bond motifs is 1. The van der Waals surface area contributed by atoms with Crippen LogP contribution in [0.2, 0.25) is 0 Å². The molecule has 3 rings (SSSR count). The van der Waals surface area contributed by atoms with Crippen molar-refractivity contribution in [1.29, 1.82) is 0 Å². The summed E-state index contributed by atoms with van der Waals surface area (Å²) in [6.45, 7) is 0. The van der Waals surface area contributed by atoms with E-state index in [1.165, 1.54) is 6.07 Å². The molecule has 0 saturated carbocycles. The van der Waals surface area contributed by atoms with E-state index in [1.807, 2.05) is 31.3 Å². The highest BCUT2D eigenvalue weighted by Crippen LogP contribution is 2.43. The van der Waals surface area contributed by atoms with Gasteiger partial charge < -0.3 is 14.8 Å². The molecule has 0 aliphatic carbocycles. The Hall–Kier alpha value is -2.30. The molecule has 1 heterocycles. The lowest BCUT2D eigenvalue weighted by molar-refractivity contribution is -0.286. The molecule has 0 radical (unpaired) electrons. The predicted molar refractivity (Wildman–Crippen MR) is 67.6 cm³/mol. The molecule has 5 heteroatoms. The fraction of sp³-hybridized carbons (Fsp3) is 0.143. The fourth-order valence-corrected chi connectivity index (χ4v) is 1.98. The Morgan fingerprint density at radius 1 is 0.947 bits per heavy atom. The molecule has 2 aromatic carbocycles. The third kappa shape index (κ3) is 2.19. The van der Waals surface area contributed by atoms with Crippen LogP contribution in [0.5, 0.6) is 11.5 Å². The second-order valence-electron chi connectivity index (χ2n) is 4.16.